The Labute approximate surface area is 208 Å². The summed E-state index contributed by atoms with van der Waals surface area (Å²) in [5.74, 6) is -0.431. The van der Waals surface area contributed by atoms with Crippen molar-refractivity contribution in [1.29, 1.82) is 0 Å². The van der Waals surface area contributed by atoms with Crippen LogP contribution in [0.1, 0.15) is 88.7 Å². The largest absolute Gasteiger partial charge is 0.486 e. The quantitative estimate of drug-likeness (QED) is 0.346. The van der Waals surface area contributed by atoms with E-state index in [2.05, 4.69) is 13.8 Å². The number of ether oxygens (including phenoxy) is 1. The molecule has 2 aliphatic rings. The Morgan fingerprint density at radius 1 is 0.886 bits per heavy atom. The molecule has 2 aromatic carbocycles. The molecule has 0 spiro atoms. The molecule has 0 aliphatic heterocycles. The van der Waals surface area contributed by atoms with Gasteiger partial charge in [0.2, 0.25) is 0 Å². The molecule has 0 radical (unpaired) electrons. The van der Waals surface area contributed by atoms with Crippen LogP contribution >= 0.6 is 0 Å². The molecule has 2 aliphatic carbocycles. The average molecular weight is 483 g/mol. The second kappa shape index (κ2) is 12.0. The highest BCUT2D eigenvalue weighted by Crippen LogP contribution is 2.39. The van der Waals surface area contributed by atoms with Crippen LogP contribution in [0.5, 0.6) is 0 Å². The first-order chi connectivity index (χ1) is 17.0. The maximum absolute atomic E-state index is 15.0. The normalized spacial score (nSPS) is 22.5. The predicted molar refractivity (Wildman–Crippen MR) is 136 cm³/mol. The van der Waals surface area contributed by atoms with Gasteiger partial charge in [-0.15, -0.1) is 0 Å². The second-order valence-corrected chi connectivity index (χ2v) is 10.2. The number of benzene rings is 2. The van der Waals surface area contributed by atoms with Gasteiger partial charge in [0.1, 0.15) is 6.61 Å². The number of hydrogen-bond acceptors (Lipinski definition) is 1. The third-order valence-corrected chi connectivity index (χ3v) is 7.79. The van der Waals surface area contributed by atoms with E-state index in [1.807, 2.05) is 18.2 Å². The average Bonchev–Trinajstić information content (AvgIpc) is 2.89. The van der Waals surface area contributed by atoms with Crippen LogP contribution in [-0.2, 0) is 11.3 Å². The van der Waals surface area contributed by atoms with Crippen molar-refractivity contribution in [2.45, 2.75) is 84.2 Å². The van der Waals surface area contributed by atoms with E-state index < -0.39 is 11.6 Å². The highest BCUT2D eigenvalue weighted by Gasteiger charge is 2.26. The van der Waals surface area contributed by atoms with Crippen molar-refractivity contribution in [3.05, 3.63) is 82.9 Å². The van der Waals surface area contributed by atoms with Gasteiger partial charge in [-0.05, 0) is 85.1 Å². The lowest BCUT2D eigenvalue weighted by atomic mass is 9.77. The third kappa shape index (κ3) is 6.20. The molecule has 1 atom stereocenters. The molecule has 4 rings (SSSR count). The van der Waals surface area contributed by atoms with Crippen molar-refractivity contribution >= 4 is 0 Å². The Kier molecular flexibility index (Phi) is 8.75. The van der Waals surface area contributed by atoms with E-state index in [9.17, 15) is 4.39 Å². The number of hydrogen-bond donors (Lipinski definition) is 0. The maximum atomic E-state index is 15.0. The van der Waals surface area contributed by atoms with Crippen LogP contribution in [0.3, 0.4) is 0 Å². The molecule has 35 heavy (non-hydrogen) atoms. The van der Waals surface area contributed by atoms with Crippen LogP contribution in [-0.4, -0.2) is 0 Å². The molecule has 0 saturated heterocycles. The molecule has 0 bridgehead atoms. The standard InChI is InChI=1S/C31H37F3O/c1-3-5-6-22-11-18-29(28(32)19-22)35-20-23-9-14-25(15-10-23)27-17-16-26(30(33)31(27)34)24-12-7-21(4-2)8-13-24/h9-10,14-19,21-22,24H,3-8,11-13,20H2,1-2H3. The van der Waals surface area contributed by atoms with E-state index in [1.165, 1.54) is 0 Å². The molecule has 1 unspecified atom stereocenters. The second-order valence-electron chi connectivity index (χ2n) is 10.2. The van der Waals surface area contributed by atoms with Gasteiger partial charge in [0, 0.05) is 5.56 Å². The first kappa shape index (κ1) is 25.6. The molecule has 0 amide bonds. The van der Waals surface area contributed by atoms with E-state index in [0.717, 1.165) is 63.4 Å². The topological polar surface area (TPSA) is 9.23 Å². The van der Waals surface area contributed by atoms with Crippen molar-refractivity contribution in [2.75, 3.05) is 0 Å². The monoisotopic (exact) mass is 482 g/mol. The van der Waals surface area contributed by atoms with Crippen LogP contribution in [0, 0.1) is 23.5 Å². The van der Waals surface area contributed by atoms with Crippen molar-refractivity contribution in [1.82, 2.24) is 0 Å². The van der Waals surface area contributed by atoms with E-state index >= 15 is 8.78 Å². The number of allylic oxidation sites excluding steroid dienone is 3. The van der Waals surface area contributed by atoms with Gasteiger partial charge >= 0.3 is 0 Å². The van der Waals surface area contributed by atoms with E-state index in [-0.39, 0.29) is 29.8 Å². The van der Waals surface area contributed by atoms with Gasteiger partial charge in [0.25, 0.3) is 0 Å². The predicted octanol–water partition coefficient (Wildman–Crippen LogP) is 9.78. The minimum absolute atomic E-state index is 0.103. The first-order valence-corrected chi connectivity index (χ1v) is 13.3. The summed E-state index contributed by atoms with van der Waals surface area (Å²) in [6, 6.07) is 10.6. The molecule has 2 aromatic rings. The molecular weight excluding hydrogens is 445 g/mol. The summed E-state index contributed by atoms with van der Waals surface area (Å²) in [6.07, 6.45) is 12.7. The van der Waals surface area contributed by atoms with Gasteiger partial charge < -0.3 is 4.74 Å². The zero-order valence-corrected chi connectivity index (χ0v) is 21.0. The summed E-state index contributed by atoms with van der Waals surface area (Å²) in [5.41, 5.74) is 2.25. The highest BCUT2D eigenvalue weighted by molar-refractivity contribution is 5.65. The molecule has 1 nitrogen and oxygen atoms in total. The highest BCUT2D eigenvalue weighted by atomic mass is 19.2. The molecule has 0 heterocycles. The Morgan fingerprint density at radius 3 is 2.29 bits per heavy atom. The number of rotatable bonds is 9. The molecule has 4 heteroatoms. The Balaban J connectivity index is 1.38. The van der Waals surface area contributed by atoms with Crippen molar-refractivity contribution in [2.24, 2.45) is 11.8 Å². The molecular formula is C31H37F3O. The third-order valence-electron chi connectivity index (χ3n) is 7.79. The van der Waals surface area contributed by atoms with Gasteiger partial charge in [0.15, 0.2) is 23.2 Å². The number of halogens is 3. The van der Waals surface area contributed by atoms with Crippen LogP contribution in [0.2, 0.25) is 0 Å². The summed E-state index contributed by atoms with van der Waals surface area (Å²) in [4.78, 5) is 0. The Hall–Kier alpha value is -2.49. The lowest BCUT2D eigenvalue weighted by Gasteiger charge is -2.28. The zero-order valence-electron chi connectivity index (χ0n) is 21.0. The first-order valence-electron chi connectivity index (χ1n) is 13.3. The summed E-state index contributed by atoms with van der Waals surface area (Å²) < 4.78 is 50.1. The van der Waals surface area contributed by atoms with Gasteiger partial charge in [-0.2, -0.15) is 0 Å². The Morgan fingerprint density at radius 2 is 1.63 bits per heavy atom. The lowest BCUT2D eigenvalue weighted by Crippen LogP contribution is -2.14. The zero-order chi connectivity index (χ0) is 24.8. The van der Waals surface area contributed by atoms with Crippen LogP contribution < -0.4 is 0 Å². The maximum Gasteiger partial charge on any atom is 0.166 e. The van der Waals surface area contributed by atoms with Crippen molar-refractivity contribution in [3.63, 3.8) is 0 Å². The van der Waals surface area contributed by atoms with Gasteiger partial charge in [-0.3, -0.25) is 0 Å². The molecule has 1 fully saturated rings. The van der Waals surface area contributed by atoms with E-state index in [1.54, 1.807) is 30.3 Å². The van der Waals surface area contributed by atoms with Gasteiger partial charge in [-0.25, -0.2) is 13.2 Å². The fourth-order valence-corrected chi connectivity index (χ4v) is 5.43. The summed E-state index contributed by atoms with van der Waals surface area (Å²) in [5, 5.41) is 0. The van der Waals surface area contributed by atoms with Crippen LogP contribution in [0.15, 0.2) is 60.1 Å². The van der Waals surface area contributed by atoms with Gasteiger partial charge in [0.05, 0.1) is 0 Å². The SMILES string of the molecule is CCCCC1C=C(F)C(OCc2ccc(-c3ccc(C4CCC(CC)CC4)c(F)c3F)cc2)=CC1. The fraction of sp³-hybridized carbons (Fsp3) is 0.484. The number of unbranched alkanes of at least 4 members (excludes halogenated alkanes) is 1. The van der Waals surface area contributed by atoms with Crippen LogP contribution in [0.4, 0.5) is 13.2 Å². The van der Waals surface area contributed by atoms with Crippen LogP contribution in [0.25, 0.3) is 11.1 Å². The van der Waals surface area contributed by atoms with Crippen molar-refractivity contribution < 1.29 is 17.9 Å². The van der Waals surface area contributed by atoms with Gasteiger partial charge in [-0.1, -0.05) is 69.5 Å². The summed E-state index contributed by atoms with van der Waals surface area (Å²) in [7, 11) is 0. The molecule has 0 N–H and O–H groups in total. The van der Waals surface area contributed by atoms with Crippen molar-refractivity contribution in [3.8, 4) is 11.1 Å². The molecule has 188 valence electrons. The minimum atomic E-state index is -0.777. The molecule has 0 aromatic heterocycles. The summed E-state index contributed by atoms with van der Waals surface area (Å²) in [6.45, 7) is 4.56. The van der Waals surface area contributed by atoms with E-state index in [0.29, 0.717) is 22.8 Å². The fourth-order valence-electron chi connectivity index (χ4n) is 5.43. The minimum Gasteiger partial charge on any atom is -0.486 e. The molecule has 1 saturated carbocycles. The van der Waals surface area contributed by atoms with E-state index in [4.69, 9.17) is 4.74 Å². The lowest BCUT2D eigenvalue weighted by molar-refractivity contribution is 0.191. The summed E-state index contributed by atoms with van der Waals surface area (Å²) >= 11 is 0. The Bertz CT molecular complexity index is 1050. The smallest absolute Gasteiger partial charge is 0.166 e.